The number of nitrogens with zero attached hydrogens (tertiary/aromatic N) is 3. The molecule has 1 aromatic heterocycles. The number of hydrogen-bond donors (Lipinski definition) is 1. The number of nitrogens with one attached hydrogen (secondary N) is 1. The monoisotopic (exact) mass is 374 g/mol. The van der Waals surface area contributed by atoms with E-state index in [-0.39, 0.29) is 18.5 Å². The molecule has 0 saturated carbocycles. The van der Waals surface area contributed by atoms with Gasteiger partial charge in [0.1, 0.15) is 6.54 Å². The standard InChI is InChI=1S/C20H30N4O3/c1-2-27-19(25)13-22-20(26)24-11-7-18(15-24)17-5-9-23(10-6-17)14-16-4-3-8-21-12-16/h3-4,8,12,17-18H,2,5-7,9-11,13-15H2,1H3,(H,22,26)/t18-/m1/s1. The number of amides is 2. The van der Waals surface area contributed by atoms with Crippen LogP contribution in [0.2, 0.25) is 0 Å². The van der Waals surface area contributed by atoms with E-state index in [1.165, 1.54) is 18.4 Å². The van der Waals surface area contributed by atoms with E-state index < -0.39 is 0 Å². The molecule has 0 aliphatic carbocycles. The van der Waals surface area contributed by atoms with Crippen molar-refractivity contribution in [1.82, 2.24) is 20.1 Å². The number of carbonyl (C=O) groups excluding carboxylic acids is 2. The zero-order valence-corrected chi connectivity index (χ0v) is 16.1. The minimum atomic E-state index is -0.386. The van der Waals surface area contributed by atoms with E-state index in [0.29, 0.717) is 18.4 Å². The number of urea groups is 1. The van der Waals surface area contributed by atoms with Crippen molar-refractivity contribution in [3.63, 3.8) is 0 Å². The molecule has 0 radical (unpaired) electrons. The number of rotatable bonds is 6. The maximum atomic E-state index is 12.2. The molecule has 7 nitrogen and oxygen atoms in total. The second kappa shape index (κ2) is 9.69. The molecule has 2 saturated heterocycles. The lowest BCUT2D eigenvalue weighted by Crippen LogP contribution is -2.42. The summed E-state index contributed by atoms with van der Waals surface area (Å²) in [5.74, 6) is 0.861. The van der Waals surface area contributed by atoms with Gasteiger partial charge in [0.2, 0.25) is 0 Å². The SMILES string of the molecule is CCOC(=O)CNC(=O)N1CC[C@@H](C2CCN(Cc3cccnc3)CC2)C1. The number of aromatic nitrogens is 1. The molecular formula is C20H30N4O3. The molecule has 0 spiro atoms. The van der Waals surface area contributed by atoms with Crippen LogP contribution in [-0.2, 0) is 16.1 Å². The third-order valence-electron chi connectivity index (χ3n) is 5.63. The molecule has 148 valence electrons. The predicted octanol–water partition coefficient (Wildman–Crippen LogP) is 1.89. The van der Waals surface area contributed by atoms with Crippen molar-refractivity contribution >= 4 is 12.0 Å². The van der Waals surface area contributed by atoms with Gasteiger partial charge >= 0.3 is 12.0 Å². The Morgan fingerprint density at radius 1 is 1.22 bits per heavy atom. The van der Waals surface area contributed by atoms with Gasteiger partial charge in [-0.2, -0.15) is 0 Å². The Hall–Kier alpha value is -2.15. The molecule has 0 aromatic carbocycles. The zero-order valence-electron chi connectivity index (χ0n) is 16.1. The summed E-state index contributed by atoms with van der Waals surface area (Å²) >= 11 is 0. The summed E-state index contributed by atoms with van der Waals surface area (Å²) in [4.78, 5) is 32.1. The van der Waals surface area contributed by atoms with E-state index in [1.807, 2.05) is 23.4 Å². The molecule has 0 unspecified atom stereocenters. The highest BCUT2D eigenvalue weighted by atomic mass is 16.5. The fraction of sp³-hybridized carbons (Fsp3) is 0.650. The fourth-order valence-electron chi connectivity index (χ4n) is 4.16. The second-order valence-corrected chi connectivity index (χ2v) is 7.43. The van der Waals surface area contributed by atoms with Crippen LogP contribution in [0, 0.1) is 11.8 Å². The molecule has 2 aliphatic rings. The molecule has 3 heterocycles. The van der Waals surface area contributed by atoms with E-state index in [2.05, 4.69) is 21.3 Å². The number of pyridine rings is 1. The van der Waals surface area contributed by atoms with Gasteiger partial charge in [0.05, 0.1) is 6.61 Å². The molecule has 0 bridgehead atoms. The lowest BCUT2D eigenvalue weighted by Gasteiger charge is -2.34. The first-order valence-electron chi connectivity index (χ1n) is 9.95. The number of hydrogen-bond acceptors (Lipinski definition) is 5. The predicted molar refractivity (Wildman–Crippen MR) is 102 cm³/mol. The average Bonchev–Trinajstić information content (AvgIpc) is 3.18. The summed E-state index contributed by atoms with van der Waals surface area (Å²) in [6.45, 7) is 6.77. The Morgan fingerprint density at radius 3 is 2.70 bits per heavy atom. The van der Waals surface area contributed by atoms with Crippen LogP contribution in [0.3, 0.4) is 0 Å². The third-order valence-corrected chi connectivity index (χ3v) is 5.63. The maximum absolute atomic E-state index is 12.2. The number of ether oxygens (including phenoxy) is 1. The third kappa shape index (κ3) is 5.66. The smallest absolute Gasteiger partial charge is 0.325 e. The van der Waals surface area contributed by atoms with Crippen LogP contribution in [0.15, 0.2) is 24.5 Å². The van der Waals surface area contributed by atoms with Gasteiger partial charge in [-0.1, -0.05) is 6.07 Å². The first-order chi connectivity index (χ1) is 13.2. The van der Waals surface area contributed by atoms with Crippen LogP contribution >= 0.6 is 0 Å². The fourth-order valence-corrected chi connectivity index (χ4v) is 4.16. The Bertz CT molecular complexity index is 617. The van der Waals surface area contributed by atoms with Crippen LogP contribution in [0.4, 0.5) is 4.79 Å². The summed E-state index contributed by atoms with van der Waals surface area (Å²) in [7, 11) is 0. The number of esters is 1. The Labute approximate surface area is 161 Å². The molecule has 27 heavy (non-hydrogen) atoms. The van der Waals surface area contributed by atoms with Crippen molar-refractivity contribution in [3.8, 4) is 0 Å². The quantitative estimate of drug-likeness (QED) is 0.770. The van der Waals surface area contributed by atoms with Crippen molar-refractivity contribution in [2.45, 2.75) is 32.7 Å². The molecule has 2 fully saturated rings. The summed E-state index contributed by atoms with van der Waals surface area (Å²) in [6.07, 6.45) is 7.17. The minimum Gasteiger partial charge on any atom is -0.465 e. The van der Waals surface area contributed by atoms with Gasteiger partial charge in [0.25, 0.3) is 0 Å². The summed E-state index contributed by atoms with van der Waals surface area (Å²) in [6, 6.07) is 3.96. The van der Waals surface area contributed by atoms with Crippen molar-refractivity contribution in [2.75, 3.05) is 39.3 Å². The highest BCUT2D eigenvalue weighted by Crippen LogP contribution is 2.32. The lowest BCUT2D eigenvalue weighted by molar-refractivity contribution is -0.141. The molecule has 1 N–H and O–H groups in total. The van der Waals surface area contributed by atoms with Crippen LogP contribution < -0.4 is 5.32 Å². The first-order valence-corrected chi connectivity index (χ1v) is 9.95. The molecule has 3 rings (SSSR count). The van der Waals surface area contributed by atoms with Crippen LogP contribution in [-0.4, -0.2) is 66.1 Å². The normalized spacial score (nSPS) is 21.2. The lowest BCUT2D eigenvalue weighted by atomic mass is 9.83. The Kier molecular flexibility index (Phi) is 7.04. The minimum absolute atomic E-state index is 0.0550. The highest BCUT2D eigenvalue weighted by Gasteiger charge is 2.33. The number of piperidine rings is 1. The Morgan fingerprint density at radius 2 is 2.00 bits per heavy atom. The molecule has 7 heteroatoms. The van der Waals surface area contributed by atoms with Crippen LogP contribution in [0.1, 0.15) is 31.7 Å². The molecule has 1 atom stereocenters. The van der Waals surface area contributed by atoms with Gasteiger partial charge in [-0.3, -0.25) is 14.7 Å². The van der Waals surface area contributed by atoms with E-state index in [9.17, 15) is 9.59 Å². The summed E-state index contributed by atoms with van der Waals surface area (Å²) < 4.78 is 4.84. The summed E-state index contributed by atoms with van der Waals surface area (Å²) in [5.41, 5.74) is 1.27. The molecule has 2 aliphatic heterocycles. The van der Waals surface area contributed by atoms with Crippen molar-refractivity contribution in [3.05, 3.63) is 30.1 Å². The Balaban J connectivity index is 1.38. The van der Waals surface area contributed by atoms with Crippen molar-refractivity contribution < 1.29 is 14.3 Å². The van der Waals surface area contributed by atoms with E-state index in [0.717, 1.165) is 39.1 Å². The van der Waals surface area contributed by atoms with E-state index >= 15 is 0 Å². The van der Waals surface area contributed by atoms with Gasteiger partial charge in [-0.25, -0.2) is 4.79 Å². The summed E-state index contributed by atoms with van der Waals surface area (Å²) in [5, 5.41) is 2.67. The van der Waals surface area contributed by atoms with Gasteiger partial charge in [-0.05, 0) is 62.7 Å². The topological polar surface area (TPSA) is 74.8 Å². The van der Waals surface area contributed by atoms with Crippen molar-refractivity contribution in [2.24, 2.45) is 11.8 Å². The maximum Gasteiger partial charge on any atom is 0.325 e. The molecule has 1 aromatic rings. The number of carbonyl (C=O) groups is 2. The second-order valence-electron chi connectivity index (χ2n) is 7.43. The highest BCUT2D eigenvalue weighted by molar-refractivity contribution is 5.81. The molecular weight excluding hydrogens is 344 g/mol. The zero-order chi connectivity index (χ0) is 19.1. The van der Waals surface area contributed by atoms with E-state index in [4.69, 9.17) is 4.74 Å². The first kappa shape index (κ1) is 19.6. The molecule has 2 amide bonds. The largest absolute Gasteiger partial charge is 0.465 e. The van der Waals surface area contributed by atoms with Crippen LogP contribution in [0.25, 0.3) is 0 Å². The van der Waals surface area contributed by atoms with Crippen LogP contribution in [0.5, 0.6) is 0 Å². The van der Waals surface area contributed by atoms with E-state index in [1.54, 1.807) is 6.92 Å². The van der Waals surface area contributed by atoms with Gasteiger partial charge in [0, 0.05) is 32.0 Å². The number of likely N-dealkylation sites (tertiary alicyclic amines) is 2. The average molecular weight is 374 g/mol. The van der Waals surface area contributed by atoms with Gasteiger partial charge in [0.15, 0.2) is 0 Å². The van der Waals surface area contributed by atoms with Gasteiger partial charge < -0.3 is 15.0 Å². The van der Waals surface area contributed by atoms with Gasteiger partial charge in [-0.15, -0.1) is 0 Å². The van der Waals surface area contributed by atoms with Crippen molar-refractivity contribution in [1.29, 1.82) is 0 Å².